The van der Waals surface area contributed by atoms with Crippen LogP contribution in [0, 0.1) is 6.92 Å². The Kier molecular flexibility index (Phi) is 4.70. The van der Waals surface area contributed by atoms with Crippen molar-refractivity contribution in [1.82, 2.24) is 19.7 Å². The molecule has 2 aromatic heterocycles. The van der Waals surface area contributed by atoms with Gasteiger partial charge in [0.05, 0.1) is 11.2 Å². The van der Waals surface area contributed by atoms with Crippen molar-refractivity contribution in [3.05, 3.63) is 53.9 Å². The van der Waals surface area contributed by atoms with Crippen LogP contribution >= 0.6 is 0 Å². The van der Waals surface area contributed by atoms with Gasteiger partial charge in [-0.3, -0.25) is 10.3 Å². The highest BCUT2D eigenvalue weighted by Gasteiger charge is 2.15. The largest absolute Gasteiger partial charge is 0.323 e. The lowest BCUT2D eigenvalue weighted by atomic mass is 10.1. The quantitative estimate of drug-likeness (QED) is 0.783. The Labute approximate surface area is 147 Å². The second-order valence-corrected chi connectivity index (χ2v) is 6.53. The smallest absolute Gasteiger partial charge is 0.323 e. The Morgan fingerprint density at radius 2 is 2.04 bits per heavy atom. The first-order valence-corrected chi connectivity index (χ1v) is 8.36. The summed E-state index contributed by atoms with van der Waals surface area (Å²) in [5.74, 6) is 0.709. The number of carbonyl (C=O) groups excluding carboxylic acids is 1. The lowest BCUT2D eigenvalue weighted by Crippen LogP contribution is -2.31. The number of benzene rings is 1. The van der Waals surface area contributed by atoms with Crippen molar-refractivity contribution in [2.24, 2.45) is 0 Å². The van der Waals surface area contributed by atoms with Crippen molar-refractivity contribution in [2.75, 3.05) is 12.4 Å². The van der Waals surface area contributed by atoms with Crippen LogP contribution in [0.3, 0.4) is 0 Å². The molecular weight excluding hydrogens is 314 g/mol. The van der Waals surface area contributed by atoms with Crippen LogP contribution in [0.25, 0.3) is 10.9 Å². The molecule has 3 aromatic rings. The number of fused-ring (bicyclic) bond motifs is 1. The van der Waals surface area contributed by atoms with Gasteiger partial charge in [-0.2, -0.15) is 5.10 Å². The second-order valence-electron chi connectivity index (χ2n) is 6.53. The molecule has 3 rings (SSSR count). The number of urea groups is 1. The molecule has 25 heavy (non-hydrogen) atoms. The summed E-state index contributed by atoms with van der Waals surface area (Å²) < 4.78 is 1.82. The van der Waals surface area contributed by atoms with E-state index in [4.69, 9.17) is 0 Å². The van der Waals surface area contributed by atoms with Gasteiger partial charge in [-0.25, -0.2) is 9.48 Å². The molecule has 0 unspecified atom stereocenters. The highest BCUT2D eigenvalue weighted by molar-refractivity contribution is 5.88. The number of carbonyl (C=O) groups is 1. The third-order valence-electron chi connectivity index (χ3n) is 4.00. The van der Waals surface area contributed by atoms with Crippen molar-refractivity contribution in [2.45, 2.75) is 33.4 Å². The first kappa shape index (κ1) is 17.0. The van der Waals surface area contributed by atoms with Crippen LogP contribution in [0.1, 0.15) is 31.1 Å². The monoisotopic (exact) mass is 337 g/mol. The molecular formula is C19H23N5O. The first-order chi connectivity index (χ1) is 11.9. The minimum atomic E-state index is -0.171. The lowest BCUT2D eigenvalue weighted by molar-refractivity contribution is 0.220. The number of rotatable bonds is 4. The van der Waals surface area contributed by atoms with Gasteiger partial charge in [-0.1, -0.05) is 18.2 Å². The summed E-state index contributed by atoms with van der Waals surface area (Å²) in [5.41, 5.74) is 2.82. The van der Waals surface area contributed by atoms with Gasteiger partial charge in [0.2, 0.25) is 0 Å². The number of hydrogen-bond acceptors (Lipinski definition) is 3. The molecule has 0 spiro atoms. The van der Waals surface area contributed by atoms with Crippen LogP contribution < -0.4 is 5.32 Å². The summed E-state index contributed by atoms with van der Waals surface area (Å²) in [5, 5.41) is 8.42. The fraction of sp³-hybridized carbons (Fsp3) is 0.316. The fourth-order valence-electron chi connectivity index (χ4n) is 2.76. The van der Waals surface area contributed by atoms with E-state index in [1.165, 1.54) is 0 Å². The Balaban J connectivity index is 1.71. The highest BCUT2D eigenvalue weighted by Crippen LogP contribution is 2.17. The van der Waals surface area contributed by atoms with Crippen LogP contribution in [0.5, 0.6) is 0 Å². The van der Waals surface area contributed by atoms with E-state index < -0.39 is 0 Å². The number of aryl methyl sites for hydroxylation is 1. The van der Waals surface area contributed by atoms with E-state index in [1.807, 2.05) is 62.0 Å². The van der Waals surface area contributed by atoms with E-state index in [0.717, 1.165) is 22.2 Å². The van der Waals surface area contributed by atoms with Gasteiger partial charge in [-0.05, 0) is 38.5 Å². The van der Waals surface area contributed by atoms with Crippen molar-refractivity contribution in [1.29, 1.82) is 0 Å². The number of pyridine rings is 1. The van der Waals surface area contributed by atoms with Crippen molar-refractivity contribution in [3.63, 3.8) is 0 Å². The molecule has 1 aromatic carbocycles. The predicted octanol–water partition coefficient (Wildman–Crippen LogP) is 3.98. The molecule has 0 aliphatic carbocycles. The van der Waals surface area contributed by atoms with Gasteiger partial charge in [0.25, 0.3) is 0 Å². The average molecular weight is 337 g/mol. The molecule has 0 radical (unpaired) electrons. The molecule has 2 amide bonds. The molecule has 0 bridgehead atoms. The molecule has 6 nitrogen and oxygen atoms in total. The van der Waals surface area contributed by atoms with Gasteiger partial charge >= 0.3 is 6.03 Å². The topological polar surface area (TPSA) is 63.1 Å². The van der Waals surface area contributed by atoms with E-state index in [2.05, 4.69) is 21.5 Å². The van der Waals surface area contributed by atoms with Gasteiger partial charge in [0, 0.05) is 37.3 Å². The standard InChI is InChI=1S/C19H23N5O/c1-13(2)24-18(9-14(3)22-24)21-19(25)23(4)12-15-10-16-7-5-6-8-17(16)20-11-15/h5-11,13H,12H2,1-4H3,(H,21,25). The van der Waals surface area contributed by atoms with Crippen LogP contribution in [0.15, 0.2) is 42.6 Å². The zero-order valence-corrected chi connectivity index (χ0v) is 15.0. The SMILES string of the molecule is Cc1cc(NC(=O)N(C)Cc2cnc3ccccc3c2)n(C(C)C)n1. The molecule has 0 saturated heterocycles. The van der Waals surface area contributed by atoms with E-state index in [0.29, 0.717) is 12.4 Å². The van der Waals surface area contributed by atoms with Gasteiger partial charge in [0.15, 0.2) is 0 Å². The average Bonchev–Trinajstić information content (AvgIpc) is 2.95. The maximum atomic E-state index is 12.5. The lowest BCUT2D eigenvalue weighted by Gasteiger charge is -2.19. The van der Waals surface area contributed by atoms with Crippen LogP contribution in [-0.2, 0) is 6.54 Å². The second kappa shape index (κ2) is 6.93. The Morgan fingerprint density at radius 1 is 1.28 bits per heavy atom. The normalized spacial score (nSPS) is 11.1. The third kappa shape index (κ3) is 3.79. The van der Waals surface area contributed by atoms with Crippen molar-refractivity contribution >= 4 is 22.8 Å². The molecule has 0 fully saturated rings. The van der Waals surface area contributed by atoms with E-state index in [-0.39, 0.29) is 12.1 Å². The van der Waals surface area contributed by atoms with Crippen molar-refractivity contribution in [3.8, 4) is 0 Å². The molecule has 0 atom stereocenters. The summed E-state index contributed by atoms with van der Waals surface area (Å²) in [6.07, 6.45) is 1.81. The Morgan fingerprint density at radius 3 is 2.80 bits per heavy atom. The fourth-order valence-corrected chi connectivity index (χ4v) is 2.76. The first-order valence-electron chi connectivity index (χ1n) is 8.36. The molecule has 130 valence electrons. The maximum absolute atomic E-state index is 12.5. The number of para-hydroxylation sites is 1. The van der Waals surface area contributed by atoms with Crippen LogP contribution in [0.2, 0.25) is 0 Å². The number of aromatic nitrogens is 3. The van der Waals surface area contributed by atoms with E-state index >= 15 is 0 Å². The number of nitrogens with one attached hydrogen (secondary N) is 1. The summed E-state index contributed by atoms with van der Waals surface area (Å²) in [4.78, 5) is 18.6. The molecule has 0 aliphatic heterocycles. The molecule has 0 saturated carbocycles. The van der Waals surface area contributed by atoms with Gasteiger partial charge in [0.1, 0.15) is 5.82 Å². The van der Waals surface area contributed by atoms with Crippen molar-refractivity contribution < 1.29 is 4.79 Å². The number of nitrogens with zero attached hydrogens (tertiary/aromatic N) is 4. The third-order valence-corrected chi connectivity index (χ3v) is 4.00. The summed E-state index contributed by atoms with van der Waals surface area (Å²) in [7, 11) is 1.77. The molecule has 6 heteroatoms. The number of hydrogen-bond donors (Lipinski definition) is 1. The number of amides is 2. The summed E-state index contributed by atoms with van der Waals surface area (Å²) >= 11 is 0. The maximum Gasteiger partial charge on any atom is 0.323 e. The predicted molar refractivity (Wildman–Crippen MR) is 99.6 cm³/mol. The summed E-state index contributed by atoms with van der Waals surface area (Å²) in [6.45, 7) is 6.47. The zero-order chi connectivity index (χ0) is 18.0. The van der Waals surface area contributed by atoms with Crippen LogP contribution in [0.4, 0.5) is 10.6 Å². The molecule has 2 heterocycles. The van der Waals surface area contributed by atoms with Crippen LogP contribution in [-0.4, -0.2) is 32.7 Å². The zero-order valence-electron chi connectivity index (χ0n) is 15.0. The number of anilines is 1. The molecule has 0 aliphatic rings. The van der Waals surface area contributed by atoms with Gasteiger partial charge < -0.3 is 4.90 Å². The minimum Gasteiger partial charge on any atom is -0.323 e. The van der Waals surface area contributed by atoms with E-state index in [9.17, 15) is 4.79 Å². The minimum absolute atomic E-state index is 0.171. The highest BCUT2D eigenvalue weighted by atomic mass is 16.2. The van der Waals surface area contributed by atoms with E-state index in [1.54, 1.807) is 11.9 Å². The summed E-state index contributed by atoms with van der Waals surface area (Å²) in [6, 6.07) is 11.9. The van der Waals surface area contributed by atoms with Gasteiger partial charge in [-0.15, -0.1) is 0 Å². The molecule has 1 N–H and O–H groups in total. The Hall–Kier alpha value is -2.89. The Bertz CT molecular complexity index is 900.